The number of ether oxygens (including phenoxy) is 1. The van der Waals surface area contributed by atoms with Gasteiger partial charge in [0.05, 0.1) is 13.2 Å². The van der Waals surface area contributed by atoms with Gasteiger partial charge in [0.25, 0.3) is 0 Å². The fourth-order valence-electron chi connectivity index (χ4n) is 1.17. The largest absolute Gasteiger partial charge is 0.394 e. The van der Waals surface area contributed by atoms with Crippen molar-refractivity contribution >= 4 is 5.91 Å². The molecule has 0 bridgehead atoms. The normalized spacial score (nSPS) is 9.75. The van der Waals surface area contributed by atoms with Crippen molar-refractivity contribution in [1.29, 1.82) is 0 Å². The fraction of sp³-hybridized carbons (Fsp3) is 0.750. The molecule has 0 aliphatic carbocycles. The number of carbonyl (C=O) groups excluding carboxylic acids is 1. The molecule has 4 nitrogen and oxygen atoms in total. The Kier molecular flexibility index (Phi) is 11.2. The van der Waals surface area contributed by atoms with E-state index in [-0.39, 0.29) is 12.5 Å². The molecule has 0 unspecified atom stereocenters. The lowest BCUT2D eigenvalue weighted by Gasteiger charge is -2.05. The molecule has 0 aromatic carbocycles. The number of hydrogen-bond donors (Lipinski definition) is 2. The minimum Gasteiger partial charge on any atom is -0.394 e. The molecule has 4 heteroatoms. The maximum atomic E-state index is 11.3. The van der Waals surface area contributed by atoms with E-state index in [1.54, 1.807) is 0 Å². The Morgan fingerprint density at radius 3 is 2.81 bits per heavy atom. The van der Waals surface area contributed by atoms with Crippen molar-refractivity contribution in [1.82, 2.24) is 5.32 Å². The van der Waals surface area contributed by atoms with Gasteiger partial charge in [-0.1, -0.05) is 0 Å². The lowest BCUT2D eigenvalue weighted by Crippen LogP contribution is -2.25. The summed E-state index contributed by atoms with van der Waals surface area (Å²) in [5, 5.41) is 11.2. The van der Waals surface area contributed by atoms with Gasteiger partial charge in [-0.25, -0.2) is 0 Å². The topological polar surface area (TPSA) is 58.6 Å². The van der Waals surface area contributed by atoms with Crippen LogP contribution in [0.1, 0.15) is 32.1 Å². The van der Waals surface area contributed by atoms with Crippen LogP contribution >= 0.6 is 0 Å². The highest BCUT2D eigenvalue weighted by molar-refractivity contribution is 5.75. The third-order valence-corrected chi connectivity index (χ3v) is 2.00. The molecule has 0 spiro atoms. The van der Waals surface area contributed by atoms with Gasteiger partial charge in [0.2, 0.25) is 5.91 Å². The monoisotopic (exact) mass is 227 g/mol. The van der Waals surface area contributed by atoms with Gasteiger partial charge in [-0.3, -0.25) is 4.79 Å². The number of rotatable bonds is 10. The van der Waals surface area contributed by atoms with Crippen LogP contribution in [0.3, 0.4) is 0 Å². The van der Waals surface area contributed by atoms with E-state index in [1.165, 1.54) is 0 Å². The van der Waals surface area contributed by atoms with Crippen LogP contribution in [0.2, 0.25) is 0 Å². The number of terminal acetylenes is 1. The summed E-state index contributed by atoms with van der Waals surface area (Å²) in [6, 6.07) is 0. The molecule has 2 N–H and O–H groups in total. The predicted octanol–water partition coefficient (Wildman–Crippen LogP) is 0.695. The number of amides is 1. The second kappa shape index (κ2) is 12.0. The molecular weight excluding hydrogens is 206 g/mol. The average molecular weight is 227 g/mol. The van der Waals surface area contributed by atoms with E-state index in [0.717, 1.165) is 25.7 Å². The Bertz CT molecular complexity index is 211. The highest BCUT2D eigenvalue weighted by Crippen LogP contribution is 1.98. The first-order valence-corrected chi connectivity index (χ1v) is 5.70. The molecule has 16 heavy (non-hydrogen) atoms. The maximum Gasteiger partial charge on any atom is 0.219 e. The molecule has 1 amide bonds. The molecule has 0 atom stereocenters. The van der Waals surface area contributed by atoms with Crippen LogP contribution in [0.25, 0.3) is 0 Å². The van der Waals surface area contributed by atoms with Crippen molar-refractivity contribution in [3.05, 3.63) is 0 Å². The molecule has 0 aliphatic heterocycles. The molecule has 0 saturated heterocycles. The zero-order chi connectivity index (χ0) is 12.1. The van der Waals surface area contributed by atoms with Crippen LogP contribution in [0, 0.1) is 12.3 Å². The Morgan fingerprint density at radius 2 is 2.12 bits per heavy atom. The first-order valence-electron chi connectivity index (χ1n) is 5.70. The van der Waals surface area contributed by atoms with E-state index in [4.69, 9.17) is 16.3 Å². The molecule has 0 fully saturated rings. The van der Waals surface area contributed by atoms with Gasteiger partial charge in [-0.05, 0) is 19.3 Å². The molecule has 92 valence electrons. The summed E-state index contributed by atoms with van der Waals surface area (Å²) in [5.74, 6) is 2.61. The predicted molar refractivity (Wildman–Crippen MR) is 62.8 cm³/mol. The van der Waals surface area contributed by atoms with Crippen molar-refractivity contribution in [2.75, 3.05) is 26.4 Å². The summed E-state index contributed by atoms with van der Waals surface area (Å²) in [5.41, 5.74) is 0. The Hall–Kier alpha value is -1.05. The minimum atomic E-state index is 0.0432. The van der Waals surface area contributed by atoms with Crippen molar-refractivity contribution in [3.63, 3.8) is 0 Å². The van der Waals surface area contributed by atoms with Crippen molar-refractivity contribution in [3.8, 4) is 12.3 Å². The van der Waals surface area contributed by atoms with Crippen molar-refractivity contribution in [2.45, 2.75) is 32.1 Å². The summed E-state index contributed by atoms with van der Waals surface area (Å²) in [6.07, 6.45) is 8.91. The van der Waals surface area contributed by atoms with E-state index in [9.17, 15) is 4.79 Å². The van der Waals surface area contributed by atoms with Crippen LogP contribution in [0.15, 0.2) is 0 Å². The van der Waals surface area contributed by atoms with Crippen LogP contribution in [0.5, 0.6) is 0 Å². The highest BCUT2D eigenvalue weighted by atomic mass is 16.5. The quantitative estimate of drug-likeness (QED) is 0.426. The van der Waals surface area contributed by atoms with Crippen LogP contribution in [-0.2, 0) is 9.53 Å². The van der Waals surface area contributed by atoms with E-state index in [1.807, 2.05) is 0 Å². The summed E-state index contributed by atoms with van der Waals surface area (Å²) in [6.45, 7) is 1.60. The molecule has 0 aliphatic rings. The molecule has 0 saturated carbocycles. The third kappa shape index (κ3) is 11.0. The van der Waals surface area contributed by atoms with Gasteiger partial charge in [0.1, 0.15) is 0 Å². The zero-order valence-corrected chi connectivity index (χ0v) is 9.71. The number of aliphatic hydroxyl groups is 1. The van der Waals surface area contributed by atoms with Crippen LogP contribution < -0.4 is 5.32 Å². The minimum absolute atomic E-state index is 0.0432. The van der Waals surface area contributed by atoms with Gasteiger partial charge >= 0.3 is 0 Å². The Labute approximate surface area is 97.4 Å². The summed E-state index contributed by atoms with van der Waals surface area (Å²) >= 11 is 0. The Morgan fingerprint density at radius 1 is 1.31 bits per heavy atom. The number of hydrogen-bond acceptors (Lipinski definition) is 3. The third-order valence-electron chi connectivity index (χ3n) is 2.00. The van der Waals surface area contributed by atoms with E-state index in [0.29, 0.717) is 26.2 Å². The molecular formula is C12H21NO3. The highest BCUT2D eigenvalue weighted by Gasteiger charge is 1.99. The smallest absolute Gasteiger partial charge is 0.219 e. The molecule has 0 rings (SSSR count). The molecule has 0 radical (unpaired) electrons. The summed E-state index contributed by atoms with van der Waals surface area (Å²) in [7, 11) is 0. The zero-order valence-electron chi connectivity index (χ0n) is 9.71. The number of aliphatic hydroxyl groups excluding tert-OH is 1. The van der Waals surface area contributed by atoms with Gasteiger partial charge < -0.3 is 15.2 Å². The fourth-order valence-corrected chi connectivity index (χ4v) is 1.17. The van der Waals surface area contributed by atoms with E-state index >= 15 is 0 Å². The van der Waals surface area contributed by atoms with Crippen molar-refractivity contribution < 1.29 is 14.6 Å². The van der Waals surface area contributed by atoms with Gasteiger partial charge in [-0.15, -0.1) is 12.3 Å². The summed E-state index contributed by atoms with van der Waals surface area (Å²) < 4.78 is 5.05. The molecule has 0 aromatic rings. The SMILES string of the molecule is C#CCCCCC(=O)NCCCOCCO. The lowest BCUT2D eigenvalue weighted by molar-refractivity contribution is -0.121. The van der Waals surface area contributed by atoms with Gasteiger partial charge in [0.15, 0.2) is 0 Å². The first-order chi connectivity index (χ1) is 7.81. The lowest BCUT2D eigenvalue weighted by atomic mass is 10.2. The van der Waals surface area contributed by atoms with Crippen LogP contribution in [0.4, 0.5) is 0 Å². The standard InChI is InChI=1S/C12H21NO3/c1-2-3-4-5-7-12(15)13-8-6-10-16-11-9-14/h1,14H,3-11H2,(H,13,15). The first kappa shape index (κ1) is 14.9. The maximum absolute atomic E-state index is 11.3. The van der Waals surface area contributed by atoms with Crippen LogP contribution in [-0.4, -0.2) is 37.4 Å². The van der Waals surface area contributed by atoms with Gasteiger partial charge in [0, 0.05) is 26.0 Å². The average Bonchev–Trinajstić information content (AvgIpc) is 2.29. The second-order valence-electron chi connectivity index (χ2n) is 3.45. The Balaban J connectivity index is 3.15. The molecule has 0 heterocycles. The summed E-state index contributed by atoms with van der Waals surface area (Å²) in [4.78, 5) is 11.3. The van der Waals surface area contributed by atoms with Crippen molar-refractivity contribution in [2.24, 2.45) is 0 Å². The van der Waals surface area contributed by atoms with E-state index in [2.05, 4.69) is 11.2 Å². The van der Waals surface area contributed by atoms with Gasteiger partial charge in [-0.2, -0.15) is 0 Å². The second-order valence-corrected chi connectivity index (χ2v) is 3.45. The number of carbonyl (C=O) groups is 1. The number of nitrogens with one attached hydrogen (secondary N) is 1. The molecule has 0 aromatic heterocycles. The van der Waals surface area contributed by atoms with E-state index < -0.39 is 0 Å². The number of unbranched alkanes of at least 4 members (excludes halogenated alkanes) is 2.